The number of thiazole rings is 1. The summed E-state index contributed by atoms with van der Waals surface area (Å²) in [5.74, 6) is -1.03. The summed E-state index contributed by atoms with van der Waals surface area (Å²) in [6.45, 7) is 1.71. The van der Waals surface area contributed by atoms with Gasteiger partial charge < -0.3 is 10.2 Å². The number of aliphatic imine (C=N–C) groups is 1. The van der Waals surface area contributed by atoms with Crippen molar-refractivity contribution in [1.82, 2.24) is 9.88 Å². The van der Waals surface area contributed by atoms with Crippen LogP contribution in [0, 0.1) is 5.92 Å². The molecule has 1 saturated heterocycles. The number of carbonyl (C=O) groups is 3. The van der Waals surface area contributed by atoms with E-state index in [1.165, 1.54) is 42.5 Å². The van der Waals surface area contributed by atoms with Gasteiger partial charge in [0, 0.05) is 37.2 Å². The number of anilines is 1. The van der Waals surface area contributed by atoms with Gasteiger partial charge in [0.1, 0.15) is 0 Å². The first-order chi connectivity index (χ1) is 12.6. The highest BCUT2D eigenvalue weighted by Gasteiger charge is 2.19. The third kappa shape index (κ3) is 5.08. The number of nitrogens with zero attached hydrogens (tertiary/aromatic N) is 3. The summed E-state index contributed by atoms with van der Waals surface area (Å²) in [5.41, 5.74) is 0.802. The molecule has 1 aromatic rings. The molecule has 1 fully saturated rings. The van der Waals surface area contributed by atoms with Crippen LogP contribution < -0.4 is 5.32 Å². The van der Waals surface area contributed by atoms with Gasteiger partial charge in [0.2, 0.25) is 11.8 Å². The maximum absolute atomic E-state index is 12.3. The number of aromatic nitrogens is 1. The van der Waals surface area contributed by atoms with E-state index in [4.69, 9.17) is 0 Å². The average Bonchev–Trinajstić information content (AvgIpc) is 2.91. The summed E-state index contributed by atoms with van der Waals surface area (Å²) < 4.78 is 0. The number of likely N-dealkylation sites (tertiary alicyclic amines) is 1. The van der Waals surface area contributed by atoms with Gasteiger partial charge in [-0.25, -0.2) is 9.98 Å². The Morgan fingerprint density at radius 2 is 2.00 bits per heavy atom. The highest BCUT2D eigenvalue weighted by molar-refractivity contribution is 7.13. The maximum atomic E-state index is 12.3. The lowest BCUT2D eigenvalue weighted by molar-refractivity contribution is -0.131. The lowest BCUT2D eigenvalue weighted by Gasteiger charge is -2.19. The summed E-state index contributed by atoms with van der Waals surface area (Å²) >= 11 is 1.33. The van der Waals surface area contributed by atoms with Gasteiger partial charge in [0.15, 0.2) is 5.13 Å². The molecule has 0 aromatic carbocycles. The molecule has 2 aliphatic heterocycles. The molecule has 0 aliphatic carbocycles. The minimum atomic E-state index is -0.565. The zero-order valence-electron chi connectivity index (χ0n) is 14.5. The van der Waals surface area contributed by atoms with Crippen molar-refractivity contribution in [2.75, 3.05) is 18.4 Å². The van der Waals surface area contributed by atoms with E-state index in [-0.39, 0.29) is 17.7 Å². The highest BCUT2D eigenvalue weighted by atomic mass is 32.1. The standard InChI is InChI=1S/C18H22N4O3S/c23-15-7-5-13(11-19-15)17(25)21-18-20-14(12-26-18)6-8-16(24)22-9-3-1-2-4-10-22/h5,7,11-13H,1-4,6,8-10H2,(H,20,21,25). The fraction of sp³-hybridized carbons (Fsp3) is 0.500. The lowest BCUT2D eigenvalue weighted by Crippen LogP contribution is -2.31. The van der Waals surface area contributed by atoms with Crippen LogP contribution in [0.2, 0.25) is 0 Å². The van der Waals surface area contributed by atoms with Crippen LogP contribution in [0.5, 0.6) is 0 Å². The second kappa shape index (κ2) is 8.84. The molecular weight excluding hydrogens is 352 g/mol. The SMILES string of the molecule is O=C1C=CC(C(=O)Nc2nc(CCC(=O)N3CCCCCC3)cs2)C=N1. The quantitative estimate of drug-likeness (QED) is 0.855. The molecule has 0 bridgehead atoms. The molecule has 0 spiro atoms. The first-order valence-corrected chi connectivity index (χ1v) is 9.79. The Morgan fingerprint density at radius 3 is 2.69 bits per heavy atom. The molecule has 2 aliphatic rings. The summed E-state index contributed by atoms with van der Waals surface area (Å²) in [6.07, 6.45) is 9.71. The van der Waals surface area contributed by atoms with Gasteiger partial charge >= 0.3 is 0 Å². The topological polar surface area (TPSA) is 91.7 Å². The van der Waals surface area contributed by atoms with E-state index in [0.29, 0.717) is 18.0 Å². The van der Waals surface area contributed by atoms with E-state index in [0.717, 1.165) is 31.6 Å². The van der Waals surface area contributed by atoms with Gasteiger partial charge in [-0.1, -0.05) is 18.9 Å². The maximum Gasteiger partial charge on any atom is 0.269 e. The monoisotopic (exact) mass is 374 g/mol. The molecule has 26 heavy (non-hydrogen) atoms. The van der Waals surface area contributed by atoms with Crippen LogP contribution in [0.25, 0.3) is 0 Å². The smallest absolute Gasteiger partial charge is 0.269 e. The van der Waals surface area contributed by atoms with Gasteiger partial charge in [-0.2, -0.15) is 0 Å². The molecule has 1 unspecified atom stereocenters. The Labute approximate surface area is 156 Å². The van der Waals surface area contributed by atoms with Gasteiger partial charge in [-0.15, -0.1) is 11.3 Å². The average molecular weight is 374 g/mol. The van der Waals surface area contributed by atoms with Crippen molar-refractivity contribution in [3.63, 3.8) is 0 Å². The van der Waals surface area contributed by atoms with Gasteiger partial charge in [0.25, 0.3) is 5.91 Å². The Hall–Kier alpha value is -2.35. The first-order valence-electron chi connectivity index (χ1n) is 8.91. The molecule has 3 heterocycles. The zero-order chi connectivity index (χ0) is 18.4. The number of hydrogen-bond acceptors (Lipinski definition) is 5. The number of hydrogen-bond donors (Lipinski definition) is 1. The summed E-state index contributed by atoms with van der Waals surface area (Å²) in [7, 11) is 0. The van der Waals surface area contributed by atoms with Crippen LogP contribution in [0.3, 0.4) is 0 Å². The van der Waals surface area contributed by atoms with Crippen molar-refractivity contribution >= 4 is 40.4 Å². The van der Waals surface area contributed by atoms with Crippen LogP contribution in [0.15, 0.2) is 22.5 Å². The third-order valence-corrected chi connectivity index (χ3v) is 5.25. The molecule has 3 rings (SSSR count). The largest absolute Gasteiger partial charge is 0.343 e. The molecule has 1 atom stereocenters. The zero-order valence-corrected chi connectivity index (χ0v) is 15.3. The van der Waals surface area contributed by atoms with E-state index in [9.17, 15) is 14.4 Å². The van der Waals surface area contributed by atoms with Crippen LogP contribution in [0.1, 0.15) is 37.8 Å². The fourth-order valence-electron chi connectivity index (χ4n) is 2.97. The van der Waals surface area contributed by atoms with Crippen molar-refractivity contribution in [2.24, 2.45) is 10.9 Å². The fourth-order valence-corrected chi connectivity index (χ4v) is 3.72. The molecule has 3 amide bonds. The van der Waals surface area contributed by atoms with E-state index in [2.05, 4.69) is 15.3 Å². The molecule has 0 saturated carbocycles. The van der Waals surface area contributed by atoms with Crippen LogP contribution in [0.4, 0.5) is 5.13 Å². The minimum absolute atomic E-state index is 0.179. The molecule has 138 valence electrons. The number of amides is 3. The number of aryl methyl sites for hydroxylation is 1. The third-order valence-electron chi connectivity index (χ3n) is 4.45. The predicted molar refractivity (Wildman–Crippen MR) is 100 cm³/mol. The number of rotatable bonds is 5. The molecule has 0 radical (unpaired) electrons. The molecular formula is C18H22N4O3S. The van der Waals surface area contributed by atoms with E-state index in [1.807, 2.05) is 10.3 Å². The van der Waals surface area contributed by atoms with Gasteiger partial charge in [-0.3, -0.25) is 14.4 Å². The lowest BCUT2D eigenvalue weighted by atomic mass is 10.1. The van der Waals surface area contributed by atoms with Gasteiger partial charge in [-0.05, 0) is 19.3 Å². The number of carbonyl (C=O) groups excluding carboxylic acids is 3. The van der Waals surface area contributed by atoms with Crippen LogP contribution in [-0.4, -0.2) is 46.9 Å². The minimum Gasteiger partial charge on any atom is -0.343 e. The predicted octanol–water partition coefficient (Wildman–Crippen LogP) is 2.20. The van der Waals surface area contributed by atoms with E-state index >= 15 is 0 Å². The van der Waals surface area contributed by atoms with Crippen LogP contribution in [-0.2, 0) is 20.8 Å². The normalized spacial score (nSPS) is 20.1. The van der Waals surface area contributed by atoms with Crippen LogP contribution >= 0.6 is 11.3 Å². The summed E-state index contributed by atoms with van der Waals surface area (Å²) in [5, 5.41) is 5.08. The Morgan fingerprint density at radius 1 is 1.23 bits per heavy atom. The Bertz CT molecular complexity index is 717. The summed E-state index contributed by atoms with van der Waals surface area (Å²) in [4.78, 5) is 45.4. The first kappa shape index (κ1) is 18.4. The Balaban J connectivity index is 1.47. The van der Waals surface area contributed by atoms with Crippen molar-refractivity contribution in [1.29, 1.82) is 0 Å². The Kier molecular flexibility index (Phi) is 6.27. The summed E-state index contributed by atoms with van der Waals surface area (Å²) in [6, 6.07) is 0. The molecule has 1 N–H and O–H groups in total. The highest BCUT2D eigenvalue weighted by Crippen LogP contribution is 2.19. The van der Waals surface area contributed by atoms with E-state index in [1.54, 1.807) is 0 Å². The molecule has 7 nitrogen and oxygen atoms in total. The second-order valence-corrected chi connectivity index (χ2v) is 7.29. The number of dihydropyridines is 1. The van der Waals surface area contributed by atoms with Crippen molar-refractivity contribution < 1.29 is 14.4 Å². The van der Waals surface area contributed by atoms with E-state index < -0.39 is 5.92 Å². The molecule has 8 heteroatoms. The molecule has 1 aromatic heterocycles. The van der Waals surface area contributed by atoms with Crippen molar-refractivity contribution in [3.8, 4) is 0 Å². The van der Waals surface area contributed by atoms with Crippen molar-refractivity contribution in [2.45, 2.75) is 38.5 Å². The second-order valence-electron chi connectivity index (χ2n) is 6.43. The van der Waals surface area contributed by atoms with Gasteiger partial charge in [0.05, 0.1) is 11.6 Å². The number of nitrogens with one attached hydrogen (secondary N) is 1. The van der Waals surface area contributed by atoms with Crippen molar-refractivity contribution in [3.05, 3.63) is 23.2 Å².